The summed E-state index contributed by atoms with van der Waals surface area (Å²) in [5.74, 6) is 0. The molecule has 3 aromatic heterocycles. The van der Waals surface area contributed by atoms with Crippen molar-refractivity contribution in [3.63, 3.8) is 0 Å². The largest absolute Gasteiger partial charge is 2.00 e. The molecular formula is C20H12CoN4O6S2. The maximum atomic E-state index is 12.0. The third-order valence-corrected chi connectivity index (χ3v) is 6.65. The molecule has 0 saturated heterocycles. The van der Waals surface area contributed by atoms with Gasteiger partial charge in [0, 0.05) is 16.6 Å². The number of aromatic amines is 2. The average Bonchev–Trinajstić information content (AvgIpc) is 3.44. The minimum Gasteiger partial charge on any atom is -0.744 e. The minimum atomic E-state index is -5.05. The van der Waals surface area contributed by atoms with Gasteiger partial charge in [-0.3, -0.25) is 0 Å². The van der Waals surface area contributed by atoms with Gasteiger partial charge in [-0.1, -0.05) is 0 Å². The molecule has 0 saturated carbocycles. The molecular weight excluding hydrogens is 515 g/mol. The van der Waals surface area contributed by atoms with Gasteiger partial charge in [0.15, 0.2) is 0 Å². The number of H-pyrrole nitrogens is 2. The van der Waals surface area contributed by atoms with Gasteiger partial charge in [0.1, 0.15) is 30.0 Å². The van der Waals surface area contributed by atoms with E-state index in [1.807, 2.05) is 0 Å². The molecule has 2 aliphatic heterocycles. The molecule has 13 heteroatoms. The molecule has 2 N–H and O–H groups in total. The van der Waals surface area contributed by atoms with Crippen LogP contribution in [0.1, 0.15) is 22.8 Å². The van der Waals surface area contributed by atoms with E-state index in [1.54, 1.807) is 30.3 Å². The van der Waals surface area contributed by atoms with E-state index in [4.69, 9.17) is 0 Å². The van der Waals surface area contributed by atoms with Gasteiger partial charge in [-0.05, 0) is 60.7 Å². The van der Waals surface area contributed by atoms with Gasteiger partial charge in [-0.2, -0.15) is 0 Å². The summed E-state index contributed by atoms with van der Waals surface area (Å²) >= 11 is 0. The Morgan fingerprint density at radius 1 is 0.636 bits per heavy atom. The van der Waals surface area contributed by atoms with E-state index >= 15 is 0 Å². The van der Waals surface area contributed by atoms with Crippen molar-refractivity contribution in [2.45, 2.75) is 9.79 Å². The SMILES string of the molecule is O=S(=O)([O-])c1c2nc(cc3ccc(cc4ccc([nH]4)c(S(=O)(=O)[O-])c4nc1C=C4)[nH]3)C=C2.[Co+2]. The first-order valence-corrected chi connectivity index (χ1v) is 11.9. The molecule has 0 fully saturated rings. The summed E-state index contributed by atoms with van der Waals surface area (Å²) < 4.78 is 72.2. The Morgan fingerprint density at radius 3 is 1.82 bits per heavy atom. The predicted octanol–water partition coefficient (Wildman–Crippen LogP) is 2.46. The van der Waals surface area contributed by atoms with Crippen molar-refractivity contribution in [3.05, 3.63) is 59.2 Å². The van der Waals surface area contributed by atoms with Gasteiger partial charge in [0.05, 0.1) is 28.3 Å². The van der Waals surface area contributed by atoms with Crippen LogP contribution in [0.25, 0.3) is 46.4 Å². The number of aromatic nitrogens is 4. The first kappa shape index (κ1) is 23.1. The van der Waals surface area contributed by atoms with Crippen molar-refractivity contribution in [2.24, 2.45) is 0 Å². The fourth-order valence-corrected chi connectivity index (χ4v) is 5.04. The summed E-state index contributed by atoms with van der Waals surface area (Å²) in [5.41, 5.74) is 1.47. The van der Waals surface area contributed by atoms with E-state index in [2.05, 4.69) is 19.9 Å². The first-order valence-electron chi connectivity index (χ1n) is 9.10. The van der Waals surface area contributed by atoms with Gasteiger partial charge in [0.25, 0.3) is 0 Å². The van der Waals surface area contributed by atoms with Crippen LogP contribution in [0.3, 0.4) is 0 Å². The van der Waals surface area contributed by atoms with Crippen LogP contribution in [-0.4, -0.2) is 45.9 Å². The van der Waals surface area contributed by atoms with Crippen LogP contribution < -0.4 is 0 Å². The van der Waals surface area contributed by atoms with Crippen LogP contribution in [0.2, 0.25) is 0 Å². The van der Waals surface area contributed by atoms with Crippen molar-refractivity contribution in [1.29, 1.82) is 0 Å². The van der Waals surface area contributed by atoms with Crippen molar-refractivity contribution < 1.29 is 42.7 Å². The summed E-state index contributed by atoms with van der Waals surface area (Å²) in [5, 5.41) is 0. The van der Waals surface area contributed by atoms with Gasteiger partial charge in [0.2, 0.25) is 0 Å². The number of rotatable bonds is 2. The smallest absolute Gasteiger partial charge is 0.744 e. The van der Waals surface area contributed by atoms with Crippen LogP contribution in [0.15, 0.2) is 46.2 Å². The van der Waals surface area contributed by atoms with Gasteiger partial charge in [-0.25, -0.2) is 26.8 Å². The number of nitrogens with one attached hydrogen (secondary N) is 2. The van der Waals surface area contributed by atoms with E-state index in [0.717, 1.165) is 6.08 Å². The maximum absolute atomic E-state index is 12.0. The van der Waals surface area contributed by atoms with Gasteiger partial charge >= 0.3 is 16.8 Å². The standard InChI is InChI=1S/C20H14N4O6S2.Co/c25-31(26,27)19-15-5-3-13(22-15)9-11-1-2-12(21-11)10-14-4-6-16(23-14)20(32(28,29)30)18-8-7-17(19)24-18;/h1-10,21-22H,(H,25,26,27)(H,28,29,30);/q;+2/p-2. The van der Waals surface area contributed by atoms with Crippen molar-refractivity contribution >= 4 is 66.6 Å². The first-order chi connectivity index (χ1) is 15.1. The van der Waals surface area contributed by atoms with Crippen LogP contribution in [0.5, 0.6) is 0 Å². The average molecular weight is 527 g/mol. The van der Waals surface area contributed by atoms with Gasteiger partial charge in [-0.15, -0.1) is 0 Å². The van der Waals surface area contributed by atoms with Crippen LogP contribution in [0, 0.1) is 0 Å². The topological polar surface area (TPSA) is 172 Å². The van der Waals surface area contributed by atoms with Crippen LogP contribution in [-0.2, 0) is 37.0 Å². The molecule has 5 heterocycles. The summed E-state index contributed by atoms with van der Waals surface area (Å²) in [7, 11) is -10.1. The number of nitrogens with zero attached hydrogens (tertiary/aromatic N) is 2. The number of fused-ring (bicyclic) bond motifs is 8. The third-order valence-electron chi connectivity index (χ3n) is 4.80. The minimum absolute atomic E-state index is 0. The fraction of sp³-hybridized carbons (Fsp3) is 0. The normalized spacial score (nSPS) is 13.2. The molecule has 0 amide bonds. The van der Waals surface area contributed by atoms with E-state index < -0.39 is 30.0 Å². The summed E-state index contributed by atoms with van der Waals surface area (Å²) in [4.78, 5) is 12.8. The second kappa shape index (κ2) is 8.05. The van der Waals surface area contributed by atoms with E-state index in [-0.39, 0.29) is 39.4 Å². The van der Waals surface area contributed by atoms with Crippen molar-refractivity contribution in [3.8, 4) is 0 Å². The molecule has 2 aliphatic rings. The fourth-order valence-electron chi connectivity index (χ4n) is 3.54. The Hall–Kier alpha value is -3.07. The van der Waals surface area contributed by atoms with Crippen molar-refractivity contribution in [2.75, 3.05) is 0 Å². The second-order valence-electron chi connectivity index (χ2n) is 7.02. The number of hydrogen-bond donors (Lipinski definition) is 2. The molecule has 0 spiro atoms. The van der Waals surface area contributed by atoms with Gasteiger partial charge < -0.3 is 19.1 Å². The summed E-state index contributed by atoms with van der Waals surface area (Å²) in [6.45, 7) is 0. The molecule has 33 heavy (non-hydrogen) atoms. The molecule has 10 nitrogen and oxygen atoms in total. The third kappa shape index (κ3) is 4.41. The Morgan fingerprint density at radius 2 is 1.15 bits per heavy atom. The molecule has 0 atom stereocenters. The van der Waals surface area contributed by atoms with E-state index in [1.165, 1.54) is 24.3 Å². The molecule has 3 aromatic rings. The Kier molecular flexibility index (Phi) is 5.64. The predicted molar refractivity (Wildman–Crippen MR) is 115 cm³/mol. The molecule has 0 aromatic carbocycles. The summed E-state index contributed by atoms with van der Waals surface area (Å²) in [6.07, 6.45) is 5.21. The van der Waals surface area contributed by atoms with Crippen LogP contribution >= 0.6 is 0 Å². The zero-order valence-electron chi connectivity index (χ0n) is 16.3. The molecule has 169 valence electrons. The van der Waals surface area contributed by atoms with E-state index in [0.29, 0.717) is 22.2 Å². The van der Waals surface area contributed by atoms with Crippen molar-refractivity contribution in [1.82, 2.24) is 19.9 Å². The second-order valence-corrected chi connectivity index (χ2v) is 9.66. The summed E-state index contributed by atoms with van der Waals surface area (Å²) in [6, 6.07) is 9.90. The molecule has 0 unspecified atom stereocenters. The molecule has 5 rings (SSSR count). The van der Waals surface area contributed by atoms with E-state index in [9.17, 15) is 25.9 Å². The molecule has 8 bridgehead atoms. The molecule has 0 aliphatic carbocycles. The maximum Gasteiger partial charge on any atom is 2.00 e. The zero-order chi connectivity index (χ0) is 22.7. The van der Waals surface area contributed by atoms with Crippen LogP contribution in [0.4, 0.5) is 0 Å². The Balaban J connectivity index is 0.00000259. The Labute approximate surface area is 197 Å². The number of hydrogen-bond acceptors (Lipinski definition) is 8. The quantitative estimate of drug-likeness (QED) is 0.330. The zero-order valence-corrected chi connectivity index (χ0v) is 18.9. The Bertz CT molecular complexity index is 1740. The molecule has 1 radical (unpaired) electrons. The monoisotopic (exact) mass is 527 g/mol.